The van der Waals surface area contributed by atoms with Crippen LogP contribution in [-0.4, -0.2) is 220 Å². The number of hydrogen-bond donors (Lipinski definition) is 5. The average Bonchev–Trinajstić information content (AvgIpc) is 1.28. The van der Waals surface area contributed by atoms with E-state index >= 15 is 4.79 Å². The zero-order chi connectivity index (χ0) is 65.2. The van der Waals surface area contributed by atoms with Crippen molar-refractivity contribution in [1.82, 2.24) is 55.7 Å². The summed E-state index contributed by atoms with van der Waals surface area (Å²) in [6, 6.07) is -5.67. The van der Waals surface area contributed by atoms with E-state index in [4.69, 9.17) is 19.6 Å². The number of aromatic nitrogens is 1. The van der Waals surface area contributed by atoms with Crippen LogP contribution >= 0.6 is 0 Å². The Morgan fingerprint density at radius 2 is 1.05 bits per heavy atom. The Labute approximate surface area is 509 Å². The number of nitrogen functional groups attached to an aromatic ring is 1. The Hall–Kier alpha value is -8.72. The van der Waals surface area contributed by atoms with Gasteiger partial charge in [0.25, 0.3) is 11.8 Å². The summed E-state index contributed by atoms with van der Waals surface area (Å²) in [5.74, 6) is -12.4. The van der Waals surface area contributed by atoms with Gasteiger partial charge in [0, 0.05) is 47.3 Å². The first-order chi connectivity index (χ1) is 41.3. The highest BCUT2D eigenvalue weighted by Crippen LogP contribution is 2.32. The minimum Gasteiger partial charge on any atom is -0.458 e. The first kappa shape index (κ1) is 66.8. The summed E-state index contributed by atoms with van der Waals surface area (Å²) in [6.45, 7) is 15.4. The molecule has 28 nitrogen and oxygen atoms in total. The number of carbonyl (C=O) groups excluding carboxylic acids is 12. The Morgan fingerprint density at radius 1 is 0.614 bits per heavy atom. The van der Waals surface area contributed by atoms with Gasteiger partial charge in [0.2, 0.25) is 52.7 Å². The van der Waals surface area contributed by atoms with Crippen LogP contribution in [0.15, 0.2) is 33.5 Å². The van der Waals surface area contributed by atoms with E-state index in [0.717, 1.165) is 15.9 Å². The maximum absolute atomic E-state index is 15.0. The van der Waals surface area contributed by atoms with Gasteiger partial charge in [-0.2, -0.15) is 0 Å². The topological polar surface area (TPSA) is 360 Å². The van der Waals surface area contributed by atoms with Crippen molar-refractivity contribution in [1.29, 1.82) is 0 Å². The lowest BCUT2D eigenvalue weighted by Crippen LogP contribution is -2.61. The first-order valence-electron chi connectivity index (χ1n) is 29.7. The Bertz CT molecular complexity index is 3310. The molecule has 0 unspecified atom stereocenters. The van der Waals surface area contributed by atoms with Gasteiger partial charge in [0.05, 0.1) is 29.9 Å². The normalized spacial score (nSPS) is 26.5. The van der Waals surface area contributed by atoms with Crippen LogP contribution in [0.5, 0.6) is 0 Å². The number of hydrogen-bond acceptors (Lipinski definition) is 18. The monoisotopic (exact) mass is 1230 g/mol. The van der Waals surface area contributed by atoms with Crippen molar-refractivity contribution in [2.75, 3.05) is 60.1 Å². The maximum Gasteiger partial charge on any atom is 0.329 e. The number of cyclic esters (lactones) is 2. The molecule has 478 valence electrons. The van der Waals surface area contributed by atoms with Crippen LogP contribution in [0.4, 0.5) is 5.69 Å². The molecule has 6 N–H and O–H groups in total. The number of nitrogens with one attached hydrogen (secondary N) is 4. The van der Waals surface area contributed by atoms with E-state index in [1.165, 1.54) is 79.8 Å². The van der Waals surface area contributed by atoms with Gasteiger partial charge in [-0.15, -0.1) is 0 Å². The van der Waals surface area contributed by atoms with Crippen molar-refractivity contribution in [3.8, 4) is 11.5 Å². The molecule has 10 amide bonds. The molecule has 1 aromatic rings. The third-order valence-corrected chi connectivity index (χ3v) is 16.8. The van der Waals surface area contributed by atoms with Crippen LogP contribution in [0.25, 0.3) is 22.6 Å². The van der Waals surface area contributed by atoms with Crippen LogP contribution in [0.2, 0.25) is 0 Å². The summed E-state index contributed by atoms with van der Waals surface area (Å²) < 4.78 is 18.0. The first-order valence-corrected chi connectivity index (χ1v) is 29.7. The number of rotatable bonds is 8. The molecule has 4 saturated heterocycles. The molecule has 0 saturated carbocycles. The number of ether oxygens (including phenoxy) is 2. The summed E-state index contributed by atoms with van der Waals surface area (Å²) in [5, 5.41) is 10.6. The summed E-state index contributed by atoms with van der Waals surface area (Å²) in [5.41, 5.74) is 3.01. The van der Waals surface area contributed by atoms with Gasteiger partial charge in [-0.3, -0.25) is 52.7 Å². The van der Waals surface area contributed by atoms with Crippen molar-refractivity contribution >= 4 is 87.8 Å². The molecule has 5 aliphatic heterocycles. The Balaban J connectivity index is 1.29. The molecule has 28 heteroatoms. The number of para-hydroxylation sites is 1. The van der Waals surface area contributed by atoms with Gasteiger partial charge in [-0.25, -0.2) is 14.6 Å². The highest BCUT2D eigenvalue weighted by Gasteiger charge is 2.46. The largest absolute Gasteiger partial charge is 0.458 e. The van der Waals surface area contributed by atoms with Gasteiger partial charge < -0.3 is 70.3 Å². The molecule has 0 aromatic heterocycles. The number of nitrogens with zero attached hydrogens (tertiary/aromatic N) is 7. The molecule has 4 fully saturated rings. The minimum absolute atomic E-state index is 0.130. The van der Waals surface area contributed by atoms with E-state index in [9.17, 15) is 57.5 Å². The number of anilines is 1. The second kappa shape index (κ2) is 27.1. The summed E-state index contributed by atoms with van der Waals surface area (Å²) >= 11 is 0. The van der Waals surface area contributed by atoms with Gasteiger partial charge >= 0.3 is 11.9 Å². The molecule has 5 heterocycles. The van der Waals surface area contributed by atoms with E-state index in [1.807, 2.05) is 0 Å². The highest BCUT2D eigenvalue weighted by atomic mass is 16.6. The summed E-state index contributed by atoms with van der Waals surface area (Å²) in [6.07, 6.45) is -1.64. The number of fused-ring (bicyclic) bond motifs is 4. The predicted octanol–water partition coefficient (Wildman–Crippen LogP) is 0.109. The van der Waals surface area contributed by atoms with Crippen molar-refractivity contribution < 1.29 is 71.4 Å². The fourth-order valence-electron chi connectivity index (χ4n) is 11.9. The van der Waals surface area contributed by atoms with E-state index in [1.54, 1.807) is 55.4 Å². The molecule has 10 atom stereocenters. The van der Waals surface area contributed by atoms with Crippen LogP contribution in [0.1, 0.15) is 116 Å². The second-order valence-corrected chi connectivity index (χ2v) is 24.7. The molecule has 7 rings (SSSR count). The lowest BCUT2D eigenvalue weighted by molar-refractivity contribution is -0.163. The average molecular weight is 1230 g/mol. The van der Waals surface area contributed by atoms with Gasteiger partial charge in [0.1, 0.15) is 71.8 Å². The molecule has 0 radical (unpaired) electrons. The second-order valence-electron chi connectivity index (χ2n) is 24.7. The van der Waals surface area contributed by atoms with Gasteiger partial charge in [-0.1, -0.05) is 61.5 Å². The van der Waals surface area contributed by atoms with Crippen molar-refractivity contribution in [2.45, 2.75) is 155 Å². The number of amides is 10. The SMILES string of the molecule is CC(C)[C@H]1C(=O)O[C@H](C)[C@H](NC(=O)c2c3nc4c(C(=O)N[C@@H]5C(=O)N[C@H](C(C)C)C(=O)N6CCC[C@H]6C(=O)N(C)CC(=O)N(C)[C@@H](C(C)C)C(=O)O[C@@H]5C)cccc4oc-3cc(=O)c2N)C(=O)N[C@H](C(C)C)C(=O)N2CCC[C@H]2C(=O)N(C)CC(=O)N1C. The standard InChI is InChI=1S/C60H82N12O16/c1-27(2)43-57(82)71-22-16-19-34(71)55(80)67(11)25-39(74)69(13)49(29(5)6)59(84)86-31(9)45(53(78)63-43)65-51(76)33-18-15-21-37-47(33)62-48-38(88-37)24-36(73)42(61)41(48)52(77)66-46-32(10)87-60(85)50(30(7)8)70(14)40(75)26-68(12)56(81)35-20-17-23-72(35)58(83)44(28(3)4)64-54(46)79/h15,18,21,24,27-32,34-35,43-46,49-50H,16-17,19-20,22-23,25-26,61H2,1-14H3,(H,63,78)(H,64,79)(H,65,76)(H,66,77)/t31-,32-,34+,35+,43-,44-,45+,46+,49+,50+/m1/s1. The molecule has 0 spiro atoms. The Kier molecular flexibility index (Phi) is 20.6. The number of esters is 2. The number of carbonyl (C=O) groups is 12. The number of nitrogens with two attached hydrogens (primary N) is 1. The van der Waals surface area contributed by atoms with Crippen molar-refractivity contribution in [3.63, 3.8) is 0 Å². The zero-order valence-corrected chi connectivity index (χ0v) is 52.3. The van der Waals surface area contributed by atoms with Gasteiger partial charge in [0.15, 0.2) is 11.3 Å². The van der Waals surface area contributed by atoms with E-state index < -0.39 is 191 Å². The van der Waals surface area contributed by atoms with Gasteiger partial charge in [-0.05, 0) is 75.3 Å². The lowest BCUT2D eigenvalue weighted by Gasteiger charge is -2.36. The fourth-order valence-corrected chi connectivity index (χ4v) is 11.9. The van der Waals surface area contributed by atoms with E-state index in [-0.39, 0.29) is 48.4 Å². The third kappa shape index (κ3) is 13.7. The quantitative estimate of drug-likeness (QED) is 0.113. The molecular weight excluding hydrogens is 1140 g/mol. The predicted molar refractivity (Wildman–Crippen MR) is 316 cm³/mol. The van der Waals surface area contributed by atoms with Crippen molar-refractivity contribution in [2.24, 2.45) is 23.7 Å². The molecule has 1 aromatic carbocycles. The van der Waals surface area contributed by atoms with Crippen LogP contribution in [0.3, 0.4) is 0 Å². The summed E-state index contributed by atoms with van der Waals surface area (Å²) in [4.78, 5) is 198. The minimum atomic E-state index is -1.88. The molecule has 6 aliphatic rings. The smallest absolute Gasteiger partial charge is 0.329 e. The summed E-state index contributed by atoms with van der Waals surface area (Å²) in [7, 11) is 5.57. The molecule has 88 heavy (non-hydrogen) atoms. The van der Waals surface area contributed by atoms with Crippen molar-refractivity contribution in [3.05, 3.63) is 45.6 Å². The number of benzene rings is 2. The molecule has 1 aliphatic carbocycles. The van der Waals surface area contributed by atoms with Crippen LogP contribution in [0, 0.1) is 23.7 Å². The highest BCUT2D eigenvalue weighted by molar-refractivity contribution is 6.10. The van der Waals surface area contributed by atoms with E-state index in [0.29, 0.717) is 12.8 Å². The lowest BCUT2D eigenvalue weighted by atomic mass is 9.99. The Morgan fingerprint density at radius 3 is 1.47 bits per heavy atom. The maximum atomic E-state index is 15.0. The van der Waals surface area contributed by atoms with Crippen LogP contribution < -0.4 is 32.4 Å². The number of likely N-dealkylation sites (N-methyl/N-ethyl adjacent to an activating group) is 4. The fraction of sp³-hybridized carbons (Fsp3) is 0.600. The molecule has 0 bridgehead atoms. The van der Waals surface area contributed by atoms with Crippen LogP contribution in [-0.2, 0) is 57.4 Å². The van der Waals surface area contributed by atoms with E-state index in [2.05, 4.69) is 26.3 Å². The zero-order valence-electron chi connectivity index (χ0n) is 52.3. The third-order valence-electron chi connectivity index (χ3n) is 16.8. The molecular formula is C60H82N12O16.